The molecular weight excluding hydrogens is 253 g/mol. The van der Waals surface area contributed by atoms with Crippen LogP contribution >= 0.6 is 11.6 Å². The Bertz CT molecular complexity index is 563. The number of H-pyrrole nitrogens is 1. The summed E-state index contributed by atoms with van der Waals surface area (Å²) >= 11 is 5.74. The van der Waals surface area contributed by atoms with Crippen LogP contribution < -0.4 is 5.73 Å². The number of nitrogens with zero attached hydrogens (tertiary/aromatic N) is 1. The van der Waals surface area contributed by atoms with E-state index in [1.807, 2.05) is 0 Å². The van der Waals surface area contributed by atoms with Crippen LogP contribution in [0.5, 0.6) is 0 Å². The van der Waals surface area contributed by atoms with E-state index in [9.17, 15) is 4.39 Å². The molecule has 2 aromatic rings. The summed E-state index contributed by atoms with van der Waals surface area (Å²) in [7, 11) is 0. The maximum Gasteiger partial charge on any atom is 0.149 e. The molecule has 0 unspecified atom stereocenters. The minimum atomic E-state index is -0.379. The van der Waals surface area contributed by atoms with Crippen LogP contribution in [0.15, 0.2) is 18.2 Å². The highest BCUT2D eigenvalue weighted by Crippen LogP contribution is 2.30. The minimum Gasteiger partial charge on any atom is -0.382 e. The zero-order valence-electron chi connectivity index (χ0n) is 10.3. The molecule has 0 radical (unpaired) electrons. The summed E-state index contributed by atoms with van der Waals surface area (Å²) in [5.74, 6) is 0.461. The maximum atomic E-state index is 13.9. The molecule has 0 bridgehead atoms. The second-order valence-corrected chi connectivity index (χ2v) is 5.12. The van der Waals surface area contributed by atoms with E-state index in [2.05, 4.69) is 24.0 Å². The fraction of sp³-hybridized carbons (Fsp3) is 0.308. The van der Waals surface area contributed by atoms with Crippen molar-refractivity contribution in [3.63, 3.8) is 0 Å². The molecule has 18 heavy (non-hydrogen) atoms. The Morgan fingerprint density at radius 1 is 1.44 bits per heavy atom. The van der Waals surface area contributed by atoms with Crippen molar-refractivity contribution < 1.29 is 4.39 Å². The largest absolute Gasteiger partial charge is 0.382 e. The summed E-state index contributed by atoms with van der Waals surface area (Å²) in [6.07, 6.45) is 0.750. The van der Waals surface area contributed by atoms with Gasteiger partial charge in [-0.25, -0.2) is 4.39 Å². The molecule has 0 spiro atoms. The van der Waals surface area contributed by atoms with E-state index >= 15 is 0 Å². The molecule has 5 heteroatoms. The van der Waals surface area contributed by atoms with Gasteiger partial charge in [0.2, 0.25) is 0 Å². The number of benzene rings is 1. The molecule has 0 atom stereocenters. The van der Waals surface area contributed by atoms with Gasteiger partial charge in [0.05, 0.1) is 5.69 Å². The predicted molar refractivity (Wildman–Crippen MR) is 71.9 cm³/mol. The summed E-state index contributed by atoms with van der Waals surface area (Å²) < 4.78 is 13.9. The number of nitrogen functional groups attached to an aromatic ring is 1. The van der Waals surface area contributed by atoms with Crippen molar-refractivity contribution in [1.82, 2.24) is 10.2 Å². The maximum absolute atomic E-state index is 13.9. The van der Waals surface area contributed by atoms with E-state index in [4.69, 9.17) is 17.3 Å². The zero-order valence-corrected chi connectivity index (χ0v) is 11.1. The summed E-state index contributed by atoms with van der Waals surface area (Å²) in [5, 5.41) is 7.13. The van der Waals surface area contributed by atoms with E-state index in [1.165, 1.54) is 6.07 Å². The summed E-state index contributed by atoms with van der Waals surface area (Å²) in [6.45, 7) is 4.16. The van der Waals surface area contributed by atoms with Gasteiger partial charge in [-0.15, -0.1) is 0 Å². The van der Waals surface area contributed by atoms with E-state index in [-0.39, 0.29) is 5.82 Å². The molecule has 3 nitrogen and oxygen atoms in total. The topological polar surface area (TPSA) is 54.7 Å². The molecule has 96 valence electrons. The third-order valence-corrected chi connectivity index (χ3v) is 2.95. The van der Waals surface area contributed by atoms with Crippen LogP contribution in [0.3, 0.4) is 0 Å². The van der Waals surface area contributed by atoms with Gasteiger partial charge in [0.25, 0.3) is 0 Å². The number of nitrogens with two attached hydrogens (primary N) is 1. The first-order chi connectivity index (χ1) is 8.49. The van der Waals surface area contributed by atoms with Crippen LogP contribution in [0, 0.1) is 11.7 Å². The van der Waals surface area contributed by atoms with Crippen molar-refractivity contribution in [1.29, 1.82) is 0 Å². The number of aromatic nitrogens is 2. The van der Waals surface area contributed by atoms with Gasteiger partial charge in [-0.05, 0) is 30.5 Å². The first-order valence-electron chi connectivity index (χ1n) is 5.77. The summed E-state index contributed by atoms with van der Waals surface area (Å²) in [5.41, 5.74) is 7.75. The molecule has 2 rings (SSSR count). The lowest BCUT2D eigenvalue weighted by Gasteiger charge is -2.08. The first kappa shape index (κ1) is 12.9. The molecule has 0 aliphatic rings. The van der Waals surface area contributed by atoms with Gasteiger partial charge in [0.15, 0.2) is 0 Å². The number of anilines is 1. The molecule has 1 heterocycles. The van der Waals surface area contributed by atoms with Gasteiger partial charge < -0.3 is 5.73 Å². The fourth-order valence-electron chi connectivity index (χ4n) is 1.91. The Morgan fingerprint density at radius 2 is 2.17 bits per heavy atom. The lowest BCUT2D eigenvalue weighted by atomic mass is 9.99. The van der Waals surface area contributed by atoms with Crippen molar-refractivity contribution in [2.45, 2.75) is 20.3 Å². The van der Waals surface area contributed by atoms with Crippen LogP contribution in [0.2, 0.25) is 5.02 Å². The molecule has 1 aromatic carbocycles. The van der Waals surface area contributed by atoms with Crippen LogP contribution in [0.25, 0.3) is 11.3 Å². The average Bonchev–Trinajstić information content (AvgIpc) is 2.60. The highest BCUT2D eigenvalue weighted by molar-refractivity contribution is 6.30. The number of nitrogens with one attached hydrogen (secondary N) is 1. The summed E-state index contributed by atoms with van der Waals surface area (Å²) in [4.78, 5) is 0. The number of halogens is 2. The van der Waals surface area contributed by atoms with Gasteiger partial charge in [0.1, 0.15) is 11.6 Å². The van der Waals surface area contributed by atoms with Crippen molar-refractivity contribution in [2.75, 3.05) is 5.73 Å². The van der Waals surface area contributed by atoms with Gasteiger partial charge in [-0.1, -0.05) is 25.4 Å². The van der Waals surface area contributed by atoms with Gasteiger partial charge in [-0.3, -0.25) is 5.10 Å². The number of hydrogen-bond acceptors (Lipinski definition) is 2. The average molecular weight is 268 g/mol. The highest BCUT2D eigenvalue weighted by atomic mass is 35.5. The standard InChI is InChI=1S/C13H15ClFN3/c1-7(2)5-10-12(17-18-13(10)16)9-4-3-8(14)6-11(9)15/h3-4,6-7H,5H2,1-2H3,(H3,16,17,18). The van der Waals surface area contributed by atoms with Crippen molar-refractivity contribution in [2.24, 2.45) is 5.92 Å². The second kappa shape index (κ2) is 4.98. The Hall–Kier alpha value is -1.55. The molecule has 0 saturated heterocycles. The Balaban J connectivity index is 2.50. The number of rotatable bonds is 3. The molecule has 0 fully saturated rings. The van der Waals surface area contributed by atoms with Crippen LogP contribution in [-0.4, -0.2) is 10.2 Å². The fourth-order valence-corrected chi connectivity index (χ4v) is 2.07. The molecule has 0 aliphatic carbocycles. The van der Waals surface area contributed by atoms with Crippen molar-refractivity contribution in [3.05, 3.63) is 34.6 Å². The van der Waals surface area contributed by atoms with Crippen molar-refractivity contribution in [3.8, 4) is 11.3 Å². The molecule has 1 aromatic heterocycles. The lowest BCUT2D eigenvalue weighted by Crippen LogP contribution is -1.99. The lowest BCUT2D eigenvalue weighted by molar-refractivity contribution is 0.628. The van der Waals surface area contributed by atoms with E-state index < -0.39 is 0 Å². The number of aromatic amines is 1. The second-order valence-electron chi connectivity index (χ2n) is 4.68. The van der Waals surface area contributed by atoms with Crippen LogP contribution in [0.1, 0.15) is 19.4 Å². The quantitative estimate of drug-likeness (QED) is 0.892. The minimum absolute atomic E-state index is 0.370. The highest BCUT2D eigenvalue weighted by Gasteiger charge is 2.16. The molecule has 0 amide bonds. The predicted octanol–water partition coefficient (Wildman–Crippen LogP) is 3.65. The summed E-state index contributed by atoms with van der Waals surface area (Å²) in [6, 6.07) is 4.57. The van der Waals surface area contributed by atoms with E-state index in [1.54, 1.807) is 12.1 Å². The van der Waals surface area contributed by atoms with Crippen LogP contribution in [0.4, 0.5) is 10.2 Å². The third-order valence-electron chi connectivity index (χ3n) is 2.71. The van der Waals surface area contributed by atoms with Crippen LogP contribution in [-0.2, 0) is 6.42 Å². The third kappa shape index (κ3) is 2.48. The molecule has 0 aliphatic heterocycles. The first-order valence-corrected chi connectivity index (χ1v) is 6.15. The zero-order chi connectivity index (χ0) is 13.3. The molecular formula is C13H15ClFN3. The Morgan fingerprint density at radius 3 is 2.78 bits per heavy atom. The monoisotopic (exact) mass is 267 g/mol. The van der Waals surface area contributed by atoms with Crippen molar-refractivity contribution >= 4 is 17.4 Å². The van der Waals surface area contributed by atoms with Gasteiger partial charge in [-0.2, -0.15) is 5.10 Å². The smallest absolute Gasteiger partial charge is 0.149 e. The SMILES string of the molecule is CC(C)Cc1c(N)n[nH]c1-c1ccc(Cl)cc1F. The van der Waals surface area contributed by atoms with Gasteiger partial charge in [0, 0.05) is 16.1 Å². The van der Waals surface area contributed by atoms with E-state index in [0.717, 1.165) is 12.0 Å². The van der Waals surface area contributed by atoms with Gasteiger partial charge >= 0.3 is 0 Å². The Kier molecular flexibility index (Phi) is 3.57. The number of hydrogen-bond donors (Lipinski definition) is 2. The Labute approximate surface area is 110 Å². The normalized spacial score (nSPS) is 11.2. The van der Waals surface area contributed by atoms with E-state index in [0.29, 0.717) is 28.0 Å². The molecule has 0 saturated carbocycles. The molecule has 3 N–H and O–H groups in total.